The molecule has 3 fully saturated rings. The first-order valence-corrected chi connectivity index (χ1v) is 10.5. The second kappa shape index (κ2) is 5.06. The van der Waals surface area contributed by atoms with Gasteiger partial charge >= 0.3 is 0 Å². The van der Waals surface area contributed by atoms with E-state index < -0.39 is 15.9 Å². The van der Waals surface area contributed by atoms with E-state index in [2.05, 4.69) is 13.8 Å². The number of hydrogen-bond donors (Lipinski definition) is 0. The minimum atomic E-state index is -3.61. The van der Waals surface area contributed by atoms with Crippen molar-refractivity contribution in [3.8, 4) is 0 Å². The van der Waals surface area contributed by atoms with Crippen LogP contribution in [0.15, 0.2) is 24.3 Å². The molecular formula is C19H24FNO3S. The summed E-state index contributed by atoms with van der Waals surface area (Å²) in [4.78, 5) is 13.1. The molecule has 1 aromatic carbocycles. The maximum Gasteiger partial charge on any atom is 0.243 e. The SMILES string of the molecule is C[C@H](C(=O)N1C2CC3CCC2(CS1(=O)=O)C3(C)C)c1ccc(F)cc1. The molecule has 6 heteroatoms. The van der Waals surface area contributed by atoms with Crippen LogP contribution in [-0.2, 0) is 14.8 Å². The average molecular weight is 365 g/mol. The van der Waals surface area contributed by atoms with E-state index in [1.807, 2.05) is 0 Å². The van der Waals surface area contributed by atoms with E-state index in [0.717, 1.165) is 19.3 Å². The summed E-state index contributed by atoms with van der Waals surface area (Å²) in [6, 6.07) is 5.50. The number of carbonyl (C=O) groups is 1. The van der Waals surface area contributed by atoms with Gasteiger partial charge in [0.1, 0.15) is 5.82 Å². The predicted octanol–water partition coefficient (Wildman–Crippen LogP) is 3.30. The topological polar surface area (TPSA) is 54.5 Å². The van der Waals surface area contributed by atoms with Crippen molar-refractivity contribution < 1.29 is 17.6 Å². The summed E-state index contributed by atoms with van der Waals surface area (Å²) in [6.07, 6.45) is 2.70. The van der Waals surface area contributed by atoms with Crippen LogP contribution in [0, 0.1) is 22.6 Å². The maximum absolute atomic E-state index is 13.1. The summed E-state index contributed by atoms with van der Waals surface area (Å²) >= 11 is 0. The third-order valence-electron chi connectivity index (χ3n) is 7.37. The van der Waals surface area contributed by atoms with Crippen LogP contribution in [0.1, 0.15) is 51.5 Å². The van der Waals surface area contributed by atoms with E-state index in [9.17, 15) is 17.6 Å². The third kappa shape index (κ3) is 2.09. The van der Waals surface area contributed by atoms with Gasteiger partial charge in [0.15, 0.2) is 0 Å². The number of rotatable bonds is 2. The Bertz CT molecular complexity index is 833. The number of benzene rings is 1. The monoisotopic (exact) mass is 365 g/mol. The van der Waals surface area contributed by atoms with Crippen molar-refractivity contribution in [3.63, 3.8) is 0 Å². The lowest BCUT2D eigenvalue weighted by Crippen LogP contribution is -2.45. The third-order valence-corrected chi connectivity index (χ3v) is 9.28. The quantitative estimate of drug-likeness (QED) is 0.808. The Kier molecular flexibility index (Phi) is 3.44. The van der Waals surface area contributed by atoms with Crippen molar-refractivity contribution in [2.24, 2.45) is 16.7 Å². The first kappa shape index (κ1) is 17.0. The molecule has 136 valence electrons. The first-order chi connectivity index (χ1) is 11.6. The van der Waals surface area contributed by atoms with Crippen molar-refractivity contribution in [1.82, 2.24) is 4.31 Å². The van der Waals surface area contributed by atoms with E-state index in [0.29, 0.717) is 11.5 Å². The zero-order valence-electron chi connectivity index (χ0n) is 14.8. The minimum absolute atomic E-state index is 0.0567. The Labute approximate surface area is 148 Å². The highest BCUT2D eigenvalue weighted by Gasteiger charge is 2.72. The Morgan fingerprint density at radius 1 is 1.28 bits per heavy atom. The fourth-order valence-electron chi connectivity index (χ4n) is 5.66. The Balaban J connectivity index is 1.70. The summed E-state index contributed by atoms with van der Waals surface area (Å²) in [5, 5.41) is 0. The van der Waals surface area contributed by atoms with Gasteiger partial charge in [-0.25, -0.2) is 17.1 Å². The lowest BCUT2D eigenvalue weighted by atomic mass is 9.69. The van der Waals surface area contributed by atoms with Crippen LogP contribution >= 0.6 is 0 Å². The van der Waals surface area contributed by atoms with Crippen molar-refractivity contribution in [1.29, 1.82) is 0 Å². The smallest absolute Gasteiger partial charge is 0.243 e. The number of nitrogens with zero attached hydrogens (tertiary/aromatic N) is 1. The van der Waals surface area contributed by atoms with Crippen LogP contribution in [0.3, 0.4) is 0 Å². The molecule has 1 saturated heterocycles. The molecule has 4 atom stereocenters. The number of fused-ring (bicyclic) bond motifs is 1. The second-order valence-corrected chi connectivity index (χ2v) is 10.4. The number of amides is 1. The molecule has 4 nitrogen and oxygen atoms in total. The molecule has 3 unspecified atom stereocenters. The number of sulfonamides is 1. The van der Waals surface area contributed by atoms with Gasteiger partial charge < -0.3 is 0 Å². The molecule has 1 aliphatic heterocycles. The highest BCUT2D eigenvalue weighted by molar-refractivity contribution is 7.90. The largest absolute Gasteiger partial charge is 0.273 e. The molecule has 1 aromatic rings. The van der Waals surface area contributed by atoms with Crippen molar-refractivity contribution in [2.75, 3.05) is 5.75 Å². The fourth-order valence-corrected chi connectivity index (χ4v) is 8.27. The number of halogens is 1. The maximum atomic E-state index is 13.1. The van der Waals surface area contributed by atoms with Gasteiger partial charge in [0.25, 0.3) is 0 Å². The minimum Gasteiger partial charge on any atom is -0.273 e. The summed E-state index contributed by atoms with van der Waals surface area (Å²) in [5.74, 6) is -0.796. The fraction of sp³-hybridized carbons (Fsp3) is 0.632. The molecule has 1 spiro atoms. The number of carbonyl (C=O) groups excluding carboxylic acids is 1. The van der Waals surface area contributed by atoms with Crippen LogP contribution in [0.25, 0.3) is 0 Å². The normalized spacial score (nSPS) is 35.6. The molecular weight excluding hydrogens is 341 g/mol. The average Bonchev–Trinajstić information content (AvgIpc) is 3.01. The predicted molar refractivity (Wildman–Crippen MR) is 92.8 cm³/mol. The van der Waals surface area contributed by atoms with Crippen LogP contribution < -0.4 is 0 Å². The molecule has 2 aliphatic carbocycles. The van der Waals surface area contributed by atoms with Crippen LogP contribution in [0.5, 0.6) is 0 Å². The first-order valence-electron chi connectivity index (χ1n) is 8.91. The molecule has 2 bridgehead atoms. The van der Waals surface area contributed by atoms with E-state index in [-0.39, 0.29) is 34.3 Å². The molecule has 2 saturated carbocycles. The Morgan fingerprint density at radius 2 is 1.92 bits per heavy atom. The van der Waals surface area contributed by atoms with Gasteiger partial charge in [-0.1, -0.05) is 26.0 Å². The van der Waals surface area contributed by atoms with Crippen molar-refractivity contribution in [2.45, 2.75) is 52.0 Å². The Hall–Kier alpha value is -1.43. The molecule has 25 heavy (non-hydrogen) atoms. The highest BCUT2D eigenvalue weighted by atomic mass is 32.2. The van der Waals surface area contributed by atoms with Gasteiger partial charge in [-0.15, -0.1) is 0 Å². The lowest BCUT2D eigenvalue weighted by Gasteiger charge is -2.37. The van der Waals surface area contributed by atoms with Gasteiger partial charge in [-0.3, -0.25) is 4.79 Å². The van der Waals surface area contributed by atoms with Gasteiger partial charge in [-0.05, 0) is 55.2 Å². The van der Waals surface area contributed by atoms with Gasteiger partial charge in [-0.2, -0.15) is 0 Å². The lowest BCUT2D eigenvalue weighted by molar-refractivity contribution is -0.130. The van der Waals surface area contributed by atoms with Crippen molar-refractivity contribution >= 4 is 15.9 Å². The zero-order chi connectivity index (χ0) is 18.2. The molecule has 0 radical (unpaired) electrons. The highest BCUT2D eigenvalue weighted by Crippen LogP contribution is 2.70. The molecule has 3 aliphatic rings. The summed E-state index contributed by atoms with van der Waals surface area (Å²) < 4.78 is 40.2. The van der Waals surface area contributed by atoms with Crippen LogP contribution in [0.2, 0.25) is 0 Å². The summed E-state index contributed by atoms with van der Waals surface area (Å²) in [5.41, 5.74) is 0.276. The van der Waals surface area contributed by atoms with Gasteiger partial charge in [0.2, 0.25) is 15.9 Å². The van der Waals surface area contributed by atoms with E-state index in [1.54, 1.807) is 19.1 Å². The van der Waals surface area contributed by atoms with E-state index >= 15 is 0 Å². The molecule has 1 amide bonds. The standard InChI is InChI=1S/C19H24FNO3S/c1-12(13-4-6-15(20)7-5-13)17(22)21-16-10-14-8-9-19(16,18(14,2)3)11-25(21,23)24/h4-7,12,14,16H,8-11H2,1-3H3/t12-,14?,16?,19?/m0/s1. The van der Waals surface area contributed by atoms with Gasteiger partial charge in [0.05, 0.1) is 17.7 Å². The zero-order valence-corrected chi connectivity index (χ0v) is 15.6. The van der Waals surface area contributed by atoms with Crippen LogP contribution in [0.4, 0.5) is 4.39 Å². The Morgan fingerprint density at radius 3 is 2.52 bits per heavy atom. The summed E-state index contributed by atoms with van der Waals surface area (Å²) in [7, 11) is -3.61. The summed E-state index contributed by atoms with van der Waals surface area (Å²) in [6.45, 7) is 6.03. The molecule has 0 aromatic heterocycles. The van der Waals surface area contributed by atoms with Crippen LogP contribution in [-0.4, -0.2) is 30.4 Å². The number of hydrogen-bond acceptors (Lipinski definition) is 3. The molecule has 1 heterocycles. The molecule has 0 N–H and O–H groups in total. The van der Waals surface area contributed by atoms with Crippen molar-refractivity contribution in [3.05, 3.63) is 35.6 Å². The van der Waals surface area contributed by atoms with Gasteiger partial charge in [0, 0.05) is 5.41 Å². The second-order valence-electron chi connectivity index (χ2n) is 8.53. The van der Waals surface area contributed by atoms with E-state index in [1.165, 1.54) is 16.4 Å². The molecule has 4 rings (SSSR count). The van der Waals surface area contributed by atoms with E-state index in [4.69, 9.17) is 0 Å².